The molecule has 25 nitrogen and oxygen atoms in total. The number of amides is 3. The summed E-state index contributed by atoms with van der Waals surface area (Å²) in [5, 5.41) is 25.3. The van der Waals surface area contributed by atoms with E-state index in [4.69, 9.17) is 87.0 Å². The third kappa shape index (κ3) is 31.0. The van der Waals surface area contributed by atoms with Gasteiger partial charge in [0.1, 0.15) is 56.4 Å². The Morgan fingerprint density at radius 3 is 0.958 bits per heavy atom. The number of unbranched alkanes of at least 4 members (excludes halogenated alkanes) is 1. The summed E-state index contributed by atoms with van der Waals surface area (Å²) in [7, 11) is 4.84. The number of carbonyl (C=O) groups excluding carboxylic acids is 3. The van der Waals surface area contributed by atoms with Gasteiger partial charge in [-0.2, -0.15) is 0 Å². The minimum atomic E-state index is -0.721. The molecule has 25 heteroatoms. The number of benzene rings is 6. The molecule has 6 aromatic rings. The van der Waals surface area contributed by atoms with Crippen LogP contribution in [0, 0.1) is 17.8 Å². The third-order valence-corrected chi connectivity index (χ3v) is 20.9. The highest BCUT2D eigenvalue weighted by molar-refractivity contribution is 5.69. The highest BCUT2D eigenvalue weighted by Gasteiger charge is 2.58. The van der Waals surface area contributed by atoms with Gasteiger partial charge in [-0.25, -0.2) is 14.4 Å². The maximum Gasteiger partial charge on any atom is 0.410 e. The van der Waals surface area contributed by atoms with E-state index in [-0.39, 0.29) is 138 Å². The number of allylic oxidation sites excluding steroid dienone is 2. The van der Waals surface area contributed by atoms with Crippen LogP contribution >= 0.6 is 0 Å². The average Bonchev–Trinajstić information content (AvgIpc) is 1.63. The Bertz CT molecular complexity index is 3900. The summed E-state index contributed by atoms with van der Waals surface area (Å²) in [5.74, 6) is -1.85. The zero-order chi connectivity index (χ0) is 84.3. The predicted octanol–water partition coefficient (Wildman–Crippen LogP) is 15.0. The average molecular weight is 1650 g/mol. The maximum atomic E-state index is 13.4. The van der Waals surface area contributed by atoms with E-state index in [9.17, 15) is 19.5 Å². The zero-order valence-corrected chi connectivity index (χ0v) is 70.0. The van der Waals surface area contributed by atoms with Gasteiger partial charge >= 0.3 is 18.3 Å². The second-order valence-electron chi connectivity index (χ2n) is 31.6. The number of fused-ring (bicyclic) bond motifs is 3. The molecule has 119 heavy (non-hydrogen) atoms. The number of hydrogen-bond acceptors (Lipinski definition) is 22. The Morgan fingerprint density at radius 2 is 0.672 bits per heavy atom. The molecule has 0 bridgehead atoms. The summed E-state index contributed by atoms with van der Waals surface area (Å²) in [6.45, 7) is 19.5. The lowest BCUT2D eigenvalue weighted by atomic mass is 9.92. The van der Waals surface area contributed by atoms with Crippen molar-refractivity contribution in [2.75, 3.05) is 67.3 Å². The topological polar surface area (TPSA) is 286 Å². The monoisotopic (exact) mass is 1650 g/mol. The first-order chi connectivity index (χ1) is 57.1. The van der Waals surface area contributed by atoms with Crippen LogP contribution in [0.15, 0.2) is 219 Å². The van der Waals surface area contributed by atoms with E-state index in [2.05, 4.69) is 6.58 Å². The maximum absolute atomic E-state index is 13.4. The molecule has 0 radical (unpaired) electrons. The molecule has 5 N–H and O–H groups in total. The van der Waals surface area contributed by atoms with Crippen LogP contribution in [0.3, 0.4) is 0 Å². The number of methoxy groups -OCH3 is 3. The molecule has 15 atom stereocenters. The first-order valence-electron chi connectivity index (χ1n) is 41.1. The molecule has 12 rings (SSSR count). The zero-order valence-electron chi connectivity index (χ0n) is 70.0. The van der Waals surface area contributed by atoms with Crippen LogP contribution < -0.4 is 5.73 Å². The van der Waals surface area contributed by atoms with Crippen molar-refractivity contribution in [3.05, 3.63) is 252 Å². The molecular weight excluding hydrogens is 1520 g/mol. The molecule has 6 saturated heterocycles. The van der Waals surface area contributed by atoms with Crippen LogP contribution in [0.1, 0.15) is 134 Å². The van der Waals surface area contributed by atoms with Gasteiger partial charge in [0.15, 0.2) is 36.2 Å². The molecule has 6 aliphatic rings. The summed E-state index contributed by atoms with van der Waals surface area (Å²) in [6.07, 6.45) is 9.87. The predicted molar refractivity (Wildman–Crippen MR) is 452 cm³/mol. The Morgan fingerprint density at radius 1 is 0.403 bits per heavy atom. The van der Waals surface area contributed by atoms with Gasteiger partial charge in [-0.1, -0.05) is 226 Å². The lowest BCUT2D eigenvalue weighted by molar-refractivity contribution is -0.228. The second kappa shape index (κ2) is 49.6. The highest BCUT2D eigenvalue weighted by Crippen LogP contribution is 2.45. The first kappa shape index (κ1) is 96.2. The minimum Gasteiger partial charge on any atom is -0.445 e. The van der Waals surface area contributed by atoms with Gasteiger partial charge in [-0.3, -0.25) is 0 Å². The summed E-state index contributed by atoms with van der Waals surface area (Å²) in [4.78, 5) is 45.3. The SMILES string of the molecule is C.C=CC[C@@H](C[C@H]1O[C@@H](OC)[C@H]2OC(C)(C)OC12)CN(Cc1ccccc1)C(=O)OCc1ccccc1.CO[C@@H]1O[C@H](C[C@H](C/C=C/CO)CN(Cc2ccccc2)C(=O)OCc2ccccc2)C2OC(C)(C)O[C@@H]21.CO[C@@H]1O[C@H](C[C@H](CCCCN)CN(Cc2ccccc2)C(=O)OCc2ccccc2)C2OC(C)(C)O[C@@H]21.OC/C=C\CO. The molecular formula is C94H130N4O21. The molecule has 6 aliphatic heterocycles. The minimum absolute atomic E-state index is 0. The van der Waals surface area contributed by atoms with Crippen molar-refractivity contribution in [2.45, 2.75) is 231 Å². The van der Waals surface area contributed by atoms with E-state index < -0.39 is 36.2 Å². The molecule has 0 aromatic heterocycles. The standard InChI is InChI=1S/C30H42N2O6.C30H39NO7.C29H37NO6.C4H8O2.CH4/c1-30(2)37-26-25(36-28(34-3)27(26)38-30)18-24(16-10-11-17-31)20-32(19-22-12-6-4-7-13-22)29(33)35-21-23-14-8-5-9-15-23;1-30(2)37-26-25(36-28(34-3)27(26)38-30)18-24(16-10-11-17-32)20-31(19-22-12-6-4-7-13-22)29(33)35-21-23-14-8-5-9-15-23;1-5-12-23(17-24-25-26(27(32-4)34-24)36-29(2,3)35-25)19-30(18-21-13-8-6-9-14-21)28(31)33-20-22-15-10-7-11-16-22;5-3-1-2-4-6;/h4-9,12-15,24-28H,10-11,16-21,31H2,1-3H3;4-15,24-28,32H,16-21H2,1-3H3;5-11,13-16,23-27H,1,12,17-20H2,2-4H3;1-2,5-6H,3-4H2;1H4/b;11-10+;;2-1-;/t2*24-,25+,26?,27-,28+;23-,24+,25?,26-,27+;;/m000../s1. The van der Waals surface area contributed by atoms with Crippen molar-refractivity contribution in [3.8, 4) is 0 Å². The van der Waals surface area contributed by atoms with Gasteiger partial charge in [0, 0.05) is 60.6 Å². The van der Waals surface area contributed by atoms with E-state index in [1.54, 1.807) is 37.2 Å². The summed E-state index contributed by atoms with van der Waals surface area (Å²) >= 11 is 0. The van der Waals surface area contributed by atoms with Crippen molar-refractivity contribution in [2.24, 2.45) is 23.5 Å². The molecule has 6 fully saturated rings. The van der Waals surface area contributed by atoms with E-state index in [0.717, 1.165) is 59.1 Å². The van der Waals surface area contributed by atoms with Crippen LogP contribution in [-0.4, -0.2) is 207 Å². The van der Waals surface area contributed by atoms with Crippen molar-refractivity contribution in [1.29, 1.82) is 0 Å². The quantitative estimate of drug-likeness (QED) is 0.0159. The lowest BCUT2D eigenvalue weighted by Gasteiger charge is -2.30. The normalized spacial score (nSPS) is 23.9. The van der Waals surface area contributed by atoms with Crippen molar-refractivity contribution in [1.82, 2.24) is 14.7 Å². The van der Waals surface area contributed by atoms with Crippen molar-refractivity contribution >= 4 is 18.3 Å². The van der Waals surface area contributed by atoms with E-state index in [1.807, 2.05) is 241 Å². The molecule has 652 valence electrons. The Balaban J connectivity index is 0.000000214. The number of rotatable bonds is 38. The van der Waals surface area contributed by atoms with Gasteiger partial charge < -0.3 is 107 Å². The van der Waals surface area contributed by atoms with Gasteiger partial charge in [-0.15, -0.1) is 6.58 Å². The lowest BCUT2D eigenvalue weighted by Crippen LogP contribution is -2.38. The Labute approximate surface area is 704 Å². The number of nitrogens with zero attached hydrogens (tertiary/aromatic N) is 3. The van der Waals surface area contributed by atoms with Gasteiger partial charge in [-0.05, 0) is 144 Å². The van der Waals surface area contributed by atoms with Crippen LogP contribution in [0.5, 0.6) is 0 Å². The third-order valence-electron chi connectivity index (χ3n) is 20.9. The number of hydrogen-bond donors (Lipinski definition) is 4. The van der Waals surface area contributed by atoms with E-state index in [0.29, 0.717) is 71.5 Å². The molecule has 3 unspecified atom stereocenters. The number of carbonyl (C=O) groups is 3. The van der Waals surface area contributed by atoms with Crippen molar-refractivity contribution < 1.29 is 101 Å². The Hall–Kier alpha value is -8.29. The number of aliphatic hydroxyl groups excluding tert-OH is 3. The second-order valence-corrected chi connectivity index (χ2v) is 31.6. The van der Waals surface area contributed by atoms with Crippen molar-refractivity contribution in [3.63, 3.8) is 0 Å². The van der Waals surface area contributed by atoms with Crippen LogP contribution in [0.4, 0.5) is 14.4 Å². The molecule has 0 saturated carbocycles. The smallest absolute Gasteiger partial charge is 0.410 e. The van der Waals surface area contributed by atoms with Crippen LogP contribution in [-0.2, 0) is 111 Å². The summed E-state index contributed by atoms with van der Waals surface area (Å²) < 4.78 is 89.2. The highest BCUT2D eigenvalue weighted by atomic mass is 16.8. The summed E-state index contributed by atoms with van der Waals surface area (Å²) in [5.41, 5.74) is 11.7. The molecule has 6 heterocycles. The Kier molecular flexibility index (Phi) is 40.1. The fourth-order valence-electron chi connectivity index (χ4n) is 15.5. The van der Waals surface area contributed by atoms with E-state index in [1.165, 1.54) is 12.2 Å². The fraction of sp³-hybridized carbons (Fsp3) is 0.521. The summed E-state index contributed by atoms with van der Waals surface area (Å²) in [6, 6.07) is 58.9. The first-order valence-corrected chi connectivity index (χ1v) is 41.1. The number of aliphatic hydroxyl groups is 3. The fourth-order valence-corrected chi connectivity index (χ4v) is 15.5. The number of ether oxygens (including phenoxy) is 15. The van der Waals surface area contributed by atoms with Crippen LogP contribution in [0.25, 0.3) is 0 Å². The molecule has 3 amide bonds. The number of nitrogens with two attached hydrogens (primary N) is 1. The largest absolute Gasteiger partial charge is 0.445 e. The molecule has 0 aliphatic carbocycles. The van der Waals surface area contributed by atoms with Gasteiger partial charge in [0.05, 0.1) is 38.1 Å². The molecule has 6 aromatic carbocycles. The van der Waals surface area contributed by atoms with Gasteiger partial charge in [0.25, 0.3) is 0 Å². The van der Waals surface area contributed by atoms with E-state index >= 15 is 0 Å². The molecule has 0 spiro atoms. The van der Waals surface area contributed by atoms with Crippen LogP contribution in [0.2, 0.25) is 0 Å². The van der Waals surface area contributed by atoms with Gasteiger partial charge in [0.2, 0.25) is 0 Å².